The minimum atomic E-state index is -4.91. The zero-order valence-electron chi connectivity index (χ0n) is 47.5. The molecular formula is C74H62F3N3. The summed E-state index contributed by atoms with van der Waals surface area (Å²) >= 11 is 0. The molecule has 3 nitrogen and oxygen atoms in total. The molecule has 0 N–H and O–H groups in total. The summed E-state index contributed by atoms with van der Waals surface area (Å²) in [5.74, 6) is 0. The van der Waals surface area contributed by atoms with E-state index >= 15 is 13.2 Å². The van der Waals surface area contributed by atoms with Crippen LogP contribution in [0, 0.1) is 94.4 Å². The van der Waals surface area contributed by atoms with Crippen LogP contribution >= 0.6 is 0 Å². The first-order valence-electron chi connectivity index (χ1n) is 27.4. The van der Waals surface area contributed by atoms with Crippen molar-refractivity contribution in [3.05, 3.63) is 236 Å². The van der Waals surface area contributed by atoms with Gasteiger partial charge in [-0.2, -0.15) is 18.4 Å². The molecule has 0 saturated carbocycles. The van der Waals surface area contributed by atoms with E-state index in [2.05, 4.69) is 210 Å². The molecule has 0 unspecified atom stereocenters. The van der Waals surface area contributed by atoms with Gasteiger partial charge in [0.2, 0.25) is 0 Å². The summed E-state index contributed by atoms with van der Waals surface area (Å²) in [7, 11) is 0. The number of nitrogens with zero attached hydrogens (tertiary/aromatic N) is 3. The highest BCUT2D eigenvalue weighted by Crippen LogP contribution is 2.49. The molecule has 0 bridgehead atoms. The minimum Gasteiger partial charge on any atom is -0.308 e. The first-order valence-corrected chi connectivity index (χ1v) is 27.4. The number of rotatable bonds is 7. The van der Waals surface area contributed by atoms with Gasteiger partial charge in [0.25, 0.3) is 0 Å². The fourth-order valence-electron chi connectivity index (χ4n) is 13.9. The third-order valence-electron chi connectivity index (χ3n) is 16.6. The highest BCUT2D eigenvalue weighted by Gasteiger charge is 2.40. The van der Waals surface area contributed by atoms with E-state index in [-0.39, 0.29) is 11.4 Å². The van der Waals surface area contributed by atoms with Gasteiger partial charge in [0.15, 0.2) is 0 Å². The van der Waals surface area contributed by atoms with Crippen LogP contribution in [0.2, 0.25) is 0 Å². The second-order valence-electron chi connectivity index (χ2n) is 22.8. The molecule has 394 valence electrons. The van der Waals surface area contributed by atoms with Gasteiger partial charge in [0.1, 0.15) is 5.56 Å². The molecule has 2 heterocycles. The third-order valence-corrected chi connectivity index (χ3v) is 16.6. The van der Waals surface area contributed by atoms with Gasteiger partial charge in [-0.3, -0.25) is 0 Å². The van der Waals surface area contributed by atoms with Crippen LogP contribution in [0.15, 0.2) is 158 Å². The Kier molecular flexibility index (Phi) is 12.4. The number of alkyl halides is 3. The fourth-order valence-corrected chi connectivity index (χ4v) is 13.9. The van der Waals surface area contributed by atoms with Gasteiger partial charge in [0.05, 0.1) is 45.1 Å². The van der Waals surface area contributed by atoms with Crippen molar-refractivity contribution in [2.45, 2.75) is 89.3 Å². The Hall–Kier alpha value is -8.92. The molecule has 2 aromatic heterocycles. The molecule has 0 atom stereocenters. The normalized spacial score (nSPS) is 11.9. The van der Waals surface area contributed by atoms with Crippen molar-refractivity contribution in [3.8, 4) is 73.1 Å². The molecule has 0 radical (unpaired) electrons. The number of hydrogen-bond acceptors (Lipinski definition) is 1. The lowest BCUT2D eigenvalue weighted by Crippen LogP contribution is -2.16. The summed E-state index contributed by atoms with van der Waals surface area (Å²) in [6.07, 6.45) is -4.91. The Morgan fingerprint density at radius 2 is 0.613 bits per heavy atom. The maximum Gasteiger partial charge on any atom is 0.420 e. The van der Waals surface area contributed by atoms with Crippen LogP contribution in [-0.4, -0.2) is 9.13 Å². The van der Waals surface area contributed by atoms with Crippen molar-refractivity contribution in [3.63, 3.8) is 0 Å². The van der Waals surface area contributed by atoms with E-state index in [1.807, 2.05) is 15.2 Å². The van der Waals surface area contributed by atoms with Gasteiger partial charge >= 0.3 is 6.18 Å². The molecule has 0 spiro atoms. The van der Waals surface area contributed by atoms with Gasteiger partial charge in [0, 0.05) is 21.5 Å². The Morgan fingerprint density at radius 1 is 0.325 bits per heavy atom. The van der Waals surface area contributed by atoms with Crippen LogP contribution in [0.4, 0.5) is 13.2 Å². The molecule has 80 heavy (non-hydrogen) atoms. The summed E-state index contributed by atoms with van der Waals surface area (Å²) in [5, 5.41) is 13.7. The van der Waals surface area contributed by atoms with Gasteiger partial charge in [-0.1, -0.05) is 131 Å². The lowest BCUT2D eigenvalue weighted by atomic mass is 9.92. The molecule has 12 rings (SSSR count). The number of aryl methyl sites for hydroxylation is 12. The third kappa shape index (κ3) is 8.59. The van der Waals surface area contributed by atoms with Crippen molar-refractivity contribution >= 4 is 43.6 Å². The van der Waals surface area contributed by atoms with Crippen molar-refractivity contribution in [2.75, 3.05) is 0 Å². The van der Waals surface area contributed by atoms with E-state index in [0.29, 0.717) is 38.8 Å². The van der Waals surface area contributed by atoms with Crippen molar-refractivity contribution < 1.29 is 13.2 Å². The maximum atomic E-state index is 17.6. The van der Waals surface area contributed by atoms with Gasteiger partial charge in [-0.25, -0.2) is 0 Å². The number of hydrogen-bond donors (Lipinski definition) is 0. The quantitative estimate of drug-likeness (QED) is 0.157. The van der Waals surface area contributed by atoms with Crippen LogP contribution < -0.4 is 0 Å². The Morgan fingerprint density at radius 3 is 0.875 bits per heavy atom. The van der Waals surface area contributed by atoms with Crippen molar-refractivity contribution in [1.29, 1.82) is 5.26 Å². The minimum absolute atomic E-state index is 0.0193. The SMILES string of the molecule is Cc1cc(C)c(-c2ccc3c4ccc(-c5c(C)cc(C)cc5C)cc4n(-c4cc(-c5cccc(C#N)c5)cc(-n5c6cc(-c7c(C)cc(C)cc7C)ccc6c6ccc(-c7c(C)cc(C)cc7C)cc65)c4C(F)(F)F)c3c2)c(C)c1. The Bertz CT molecular complexity index is 4080. The molecule has 0 aliphatic heterocycles. The molecule has 0 saturated heterocycles. The van der Waals surface area contributed by atoms with Crippen LogP contribution in [0.1, 0.15) is 77.9 Å². The molecule has 0 aliphatic rings. The zero-order chi connectivity index (χ0) is 56.4. The molecule has 6 heteroatoms. The van der Waals surface area contributed by atoms with Gasteiger partial charge in [-0.15, -0.1) is 0 Å². The molecular weight excluding hydrogens is 988 g/mol. The largest absolute Gasteiger partial charge is 0.420 e. The van der Waals surface area contributed by atoms with E-state index in [1.165, 1.54) is 0 Å². The van der Waals surface area contributed by atoms with Gasteiger partial charge < -0.3 is 9.13 Å². The number of fused-ring (bicyclic) bond motifs is 6. The smallest absolute Gasteiger partial charge is 0.308 e. The zero-order valence-corrected chi connectivity index (χ0v) is 47.5. The van der Waals surface area contributed by atoms with Crippen LogP contribution in [-0.2, 0) is 6.18 Å². The molecule has 0 aliphatic carbocycles. The second-order valence-corrected chi connectivity index (χ2v) is 22.8. The molecule has 0 amide bonds. The first kappa shape index (κ1) is 51.8. The monoisotopic (exact) mass is 1050 g/mol. The number of halogens is 3. The van der Waals surface area contributed by atoms with E-state index in [9.17, 15) is 5.26 Å². The lowest BCUT2D eigenvalue weighted by Gasteiger charge is -2.24. The summed E-state index contributed by atoms with van der Waals surface area (Å²) < 4.78 is 56.6. The van der Waals surface area contributed by atoms with E-state index in [0.717, 1.165) is 133 Å². The van der Waals surface area contributed by atoms with Crippen LogP contribution in [0.25, 0.3) is 111 Å². The Balaban J connectivity index is 1.29. The average molecular weight is 1050 g/mol. The van der Waals surface area contributed by atoms with E-state index in [4.69, 9.17) is 0 Å². The van der Waals surface area contributed by atoms with E-state index < -0.39 is 11.7 Å². The molecule has 0 fully saturated rings. The highest BCUT2D eigenvalue weighted by atomic mass is 19.4. The predicted octanol–water partition coefficient (Wildman–Crippen LogP) is 20.8. The molecule has 12 aromatic rings. The summed E-state index contributed by atoms with van der Waals surface area (Å²) in [6, 6.07) is 55.4. The first-order chi connectivity index (χ1) is 38.2. The number of benzene rings is 10. The maximum absolute atomic E-state index is 17.6. The summed E-state index contributed by atoms with van der Waals surface area (Å²) in [6.45, 7) is 25.2. The average Bonchev–Trinajstić information content (AvgIpc) is 4.06. The van der Waals surface area contributed by atoms with Crippen LogP contribution in [0.3, 0.4) is 0 Å². The van der Waals surface area contributed by atoms with Crippen LogP contribution in [0.5, 0.6) is 0 Å². The second kappa shape index (κ2) is 19.2. The number of nitriles is 1. The van der Waals surface area contributed by atoms with Crippen molar-refractivity contribution in [1.82, 2.24) is 9.13 Å². The Labute approximate surface area is 466 Å². The summed E-state index contributed by atoms with van der Waals surface area (Å²) in [4.78, 5) is 0. The molecule has 10 aromatic carbocycles. The highest BCUT2D eigenvalue weighted by molar-refractivity contribution is 6.13. The predicted molar refractivity (Wildman–Crippen MR) is 329 cm³/mol. The van der Waals surface area contributed by atoms with Crippen molar-refractivity contribution in [2.24, 2.45) is 0 Å². The summed E-state index contributed by atoms with van der Waals surface area (Å²) in [5.41, 5.74) is 24.5. The number of aromatic nitrogens is 2. The lowest BCUT2D eigenvalue weighted by molar-refractivity contribution is -0.137. The standard InChI is InChI=1S/C74H62F3N3/c1-40-24-44(5)69(45(6)25-40)54-16-20-59-60-21-17-55(70-46(7)26-41(2)27-47(70)8)34-64(60)79(63(59)33-54)67-37-58(53-15-13-14-52(32-53)39-78)38-68(73(67)74(75,76)77)80-65-35-56(71-48(9)28-42(3)29-49(71)10)18-22-61(65)62-23-19-57(36-66(62)80)72-50(11)30-43(4)31-51(72)12/h13-38H,1-12H3. The fraction of sp³-hybridized carbons (Fsp3) is 0.176. The van der Waals surface area contributed by atoms with Gasteiger partial charge in [-0.05, 0) is 232 Å². The topological polar surface area (TPSA) is 33.6 Å². The van der Waals surface area contributed by atoms with E-state index in [1.54, 1.807) is 30.3 Å².